The Balaban J connectivity index is 2.66. The fourth-order valence-corrected chi connectivity index (χ4v) is 2.12. The largest absolute Gasteiger partial charge is 0.369 e. The summed E-state index contributed by atoms with van der Waals surface area (Å²) in [5.74, 6) is 0.217. The van der Waals surface area contributed by atoms with Crippen molar-refractivity contribution >= 4 is 17.0 Å². The maximum Gasteiger partial charge on any atom is 0.201 e. The average molecular weight is 221 g/mol. The van der Waals surface area contributed by atoms with Crippen LogP contribution >= 0.6 is 0 Å². The van der Waals surface area contributed by atoms with Gasteiger partial charge in [-0.05, 0) is 31.0 Å². The van der Waals surface area contributed by atoms with Gasteiger partial charge in [0.05, 0.1) is 11.0 Å². The van der Waals surface area contributed by atoms with Gasteiger partial charge in [-0.2, -0.15) is 0 Å². The molecule has 1 heterocycles. The Hall–Kier alpha value is -1.58. The third-order valence-electron chi connectivity index (χ3n) is 2.99. The van der Waals surface area contributed by atoms with Gasteiger partial charge in [-0.3, -0.25) is 0 Å². The highest BCUT2D eigenvalue weighted by Gasteiger charge is 2.15. The normalized spacial score (nSPS) is 11.5. The van der Waals surface area contributed by atoms with E-state index in [1.807, 2.05) is 4.57 Å². The number of aromatic nitrogens is 2. The smallest absolute Gasteiger partial charge is 0.201 e. The van der Waals surface area contributed by atoms with E-state index in [4.69, 9.17) is 5.73 Å². The molecule has 16 heavy (non-hydrogen) atoms. The maximum absolute atomic E-state index is 13.2. The Kier molecular flexibility index (Phi) is 2.81. The molecule has 0 saturated carbocycles. The van der Waals surface area contributed by atoms with Crippen LogP contribution in [0.3, 0.4) is 0 Å². The van der Waals surface area contributed by atoms with Crippen molar-refractivity contribution in [2.24, 2.45) is 0 Å². The third kappa shape index (κ3) is 1.64. The Morgan fingerprint density at radius 1 is 1.38 bits per heavy atom. The first-order valence-corrected chi connectivity index (χ1v) is 5.60. The van der Waals surface area contributed by atoms with Crippen LogP contribution in [0, 0.1) is 5.82 Å². The van der Waals surface area contributed by atoms with Crippen LogP contribution in [0.5, 0.6) is 0 Å². The molecule has 0 aliphatic rings. The van der Waals surface area contributed by atoms with Gasteiger partial charge in [0, 0.05) is 6.04 Å². The Morgan fingerprint density at radius 3 is 2.69 bits per heavy atom. The second-order valence-electron chi connectivity index (χ2n) is 3.94. The lowest BCUT2D eigenvalue weighted by molar-refractivity contribution is 0.488. The van der Waals surface area contributed by atoms with Crippen molar-refractivity contribution in [2.45, 2.75) is 32.7 Å². The van der Waals surface area contributed by atoms with Gasteiger partial charge in [0.15, 0.2) is 0 Å². The van der Waals surface area contributed by atoms with Gasteiger partial charge >= 0.3 is 0 Å². The van der Waals surface area contributed by atoms with Gasteiger partial charge in [-0.1, -0.05) is 13.8 Å². The van der Waals surface area contributed by atoms with Crippen LogP contribution in [0.4, 0.5) is 10.3 Å². The Morgan fingerprint density at radius 2 is 2.06 bits per heavy atom. The van der Waals surface area contributed by atoms with Gasteiger partial charge in [-0.15, -0.1) is 0 Å². The number of nitrogens with zero attached hydrogens (tertiary/aromatic N) is 2. The molecule has 0 saturated heterocycles. The molecule has 3 nitrogen and oxygen atoms in total. The van der Waals surface area contributed by atoms with E-state index in [1.165, 1.54) is 12.1 Å². The predicted octanol–water partition coefficient (Wildman–Crippen LogP) is 3.12. The molecule has 0 aliphatic heterocycles. The van der Waals surface area contributed by atoms with Crippen LogP contribution in [-0.2, 0) is 0 Å². The lowest BCUT2D eigenvalue weighted by atomic mass is 10.1. The van der Waals surface area contributed by atoms with E-state index in [0.717, 1.165) is 23.9 Å². The molecule has 1 aromatic heterocycles. The van der Waals surface area contributed by atoms with Crippen molar-refractivity contribution < 1.29 is 4.39 Å². The van der Waals surface area contributed by atoms with E-state index in [0.29, 0.717) is 5.95 Å². The number of hydrogen-bond donors (Lipinski definition) is 1. The molecule has 86 valence electrons. The van der Waals surface area contributed by atoms with Crippen molar-refractivity contribution in [1.82, 2.24) is 9.55 Å². The van der Waals surface area contributed by atoms with E-state index in [2.05, 4.69) is 18.8 Å². The first-order valence-electron chi connectivity index (χ1n) is 5.60. The van der Waals surface area contributed by atoms with E-state index in [9.17, 15) is 4.39 Å². The topological polar surface area (TPSA) is 43.8 Å². The van der Waals surface area contributed by atoms with Crippen molar-refractivity contribution in [3.8, 4) is 0 Å². The molecule has 2 N–H and O–H groups in total. The monoisotopic (exact) mass is 221 g/mol. The van der Waals surface area contributed by atoms with Gasteiger partial charge in [-0.25, -0.2) is 9.37 Å². The van der Waals surface area contributed by atoms with E-state index >= 15 is 0 Å². The zero-order valence-corrected chi connectivity index (χ0v) is 9.57. The number of benzene rings is 1. The second kappa shape index (κ2) is 4.12. The van der Waals surface area contributed by atoms with Gasteiger partial charge in [0.25, 0.3) is 0 Å². The van der Waals surface area contributed by atoms with Crippen LogP contribution in [0.15, 0.2) is 18.2 Å². The fraction of sp³-hybridized carbons (Fsp3) is 0.417. The minimum absolute atomic E-state index is 0.250. The summed E-state index contributed by atoms with van der Waals surface area (Å²) < 4.78 is 15.1. The van der Waals surface area contributed by atoms with E-state index in [1.54, 1.807) is 6.07 Å². The highest BCUT2D eigenvalue weighted by atomic mass is 19.1. The molecule has 0 unspecified atom stereocenters. The van der Waals surface area contributed by atoms with Crippen LogP contribution in [0.25, 0.3) is 11.0 Å². The summed E-state index contributed by atoms with van der Waals surface area (Å²) in [7, 11) is 0. The summed E-state index contributed by atoms with van der Waals surface area (Å²) in [5, 5.41) is 0. The number of nitrogen functional groups attached to an aromatic ring is 1. The molecule has 0 bridgehead atoms. The van der Waals surface area contributed by atoms with Gasteiger partial charge < -0.3 is 10.3 Å². The summed E-state index contributed by atoms with van der Waals surface area (Å²) in [6, 6.07) is 4.86. The predicted molar refractivity (Wildman–Crippen MR) is 63.7 cm³/mol. The lowest BCUT2D eigenvalue weighted by Crippen LogP contribution is -2.10. The molecule has 0 fully saturated rings. The van der Waals surface area contributed by atoms with Crippen molar-refractivity contribution in [3.05, 3.63) is 24.0 Å². The van der Waals surface area contributed by atoms with Crippen molar-refractivity contribution in [3.63, 3.8) is 0 Å². The summed E-state index contributed by atoms with van der Waals surface area (Å²) in [4.78, 5) is 4.25. The number of imidazole rings is 1. The van der Waals surface area contributed by atoms with Crippen molar-refractivity contribution in [1.29, 1.82) is 0 Å². The number of nitrogens with two attached hydrogens (primary N) is 1. The van der Waals surface area contributed by atoms with Crippen LogP contribution in [0.1, 0.15) is 32.7 Å². The first kappa shape index (κ1) is 10.9. The minimum atomic E-state index is -0.250. The molecule has 0 atom stereocenters. The van der Waals surface area contributed by atoms with Gasteiger partial charge in [0.1, 0.15) is 5.82 Å². The van der Waals surface area contributed by atoms with Gasteiger partial charge in [0.2, 0.25) is 5.95 Å². The van der Waals surface area contributed by atoms with Crippen LogP contribution in [-0.4, -0.2) is 9.55 Å². The molecule has 0 spiro atoms. The molecule has 4 heteroatoms. The highest BCUT2D eigenvalue weighted by Crippen LogP contribution is 2.27. The fourth-order valence-electron chi connectivity index (χ4n) is 2.12. The average Bonchev–Trinajstić information content (AvgIpc) is 2.58. The highest BCUT2D eigenvalue weighted by molar-refractivity contribution is 5.78. The molecule has 0 amide bonds. The Labute approximate surface area is 94.1 Å². The Bertz CT molecular complexity index is 500. The zero-order chi connectivity index (χ0) is 11.7. The minimum Gasteiger partial charge on any atom is -0.369 e. The number of rotatable bonds is 3. The van der Waals surface area contributed by atoms with Crippen molar-refractivity contribution in [2.75, 3.05) is 5.73 Å². The lowest BCUT2D eigenvalue weighted by Gasteiger charge is -2.16. The second-order valence-corrected chi connectivity index (χ2v) is 3.94. The summed E-state index contributed by atoms with van der Waals surface area (Å²) >= 11 is 0. The van der Waals surface area contributed by atoms with E-state index in [-0.39, 0.29) is 11.9 Å². The zero-order valence-electron chi connectivity index (χ0n) is 9.57. The molecule has 2 aromatic rings. The molecule has 2 rings (SSSR count). The number of fused-ring (bicyclic) bond motifs is 1. The number of anilines is 1. The molecular formula is C12H16FN3. The van der Waals surface area contributed by atoms with Crippen LogP contribution < -0.4 is 5.73 Å². The third-order valence-corrected chi connectivity index (χ3v) is 2.99. The molecule has 0 radical (unpaired) electrons. The maximum atomic E-state index is 13.2. The standard InChI is InChI=1S/C12H16FN3/c1-3-9(4-2)16-11-7-8(13)5-6-10(11)15-12(16)14/h5-7,9H,3-4H2,1-2H3,(H2,14,15). The van der Waals surface area contributed by atoms with Crippen LogP contribution in [0.2, 0.25) is 0 Å². The first-order chi connectivity index (χ1) is 7.67. The van der Waals surface area contributed by atoms with E-state index < -0.39 is 0 Å². The number of halogens is 1. The SMILES string of the molecule is CCC(CC)n1c(N)nc2ccc(F)cc21. The summed E-state index contributed by atoms with van der Waals surface area (Å²) in [5.41, 5.74) is 7.42. The number of hydrogen-bond acceptors (Lipinski definition) is 2. The molecule has 0 aliphatic carbocycles. The quantitative estimate of drug-likeness (QED) is 0.865. The molecular weight excluding hydrogens is 205 g/mol. The molecule has 1 aromatic carbocycles. The summed E-state index contributed by atoms with van der Waals surface area (Å²) in [6.45, 7) is 4.19. The summed E-state index contributed by atoms with van der Waals surface area (Å²) in [6.07, 6.45) is 1.92.